The summed E-state index contributed by atoms with van der Waals surface area (Å²) in [5, 5.41) is 3.29. The van der Waals surface area contributed by atoms with Crippen LogP contribution in [-0.4, -0.2) is 9.97 Å². The van der Waals surface area contributed by atoms with E-state index >= 15 is 0 Å². The maximum absolute atomic E-state index is 5.33. The molecule has 4 nitrogen and oxygen atoms in total. The highest BCUT2D eigenvalue weighted by atomic mass is 16.3. The van der Waals surface area contributed by atoms with Crippen molar-refractivity contribution in [1.82, 2.24) is 9.97 Å². The van der Waals surface area contributed by atoms with E-state index in [2.05, 4.69) is 15.3 Å². The van der Waals surface area contributed by atoms with Crippen molar-refractivity contribution in [2.75, 3.05) is 5.32 Å². The molecule has 0 radical (unpaired) electrons. The summed E-state index contributed by atoms with van der Waals surface area (Å²) in [5.74, 6) is 1.70. The second-order valence-electron chi connectivity index (χ2n) is 3.83. The summed E-state index contributed by atoms with van der Waals surface area (Å²) in [4.78, 5) is 8.66. The van der Waals surface area contributed by atoms with Gasteiger partial charge in [0, 0.05) is 6.20 Å². The molecule has 1 unspecified atom stereocenters. The molecule has 16 heavy (non-hydrogen) atoms. The minimum Gasteiger partial charge on any atom is -0.467 e. The smallest absolute Gasteiger partial charge is 0.148 e. The Hall–Kier alpha value is -1.84. The van der Waals surface area contributed by atoms with Crippen LogP contribution < -0.4 is 5.32 Å². The van der Waals surface area contributed by atoms with Gasteiger partial charge in [-0.1, -0.05) is 0 Å². The summed E-state index contributed by atoms with van der Waals surface area (Å²) in [6.45, 7) is 5.89. The highest BCUT2D eigenvalue weighted by Crippen LogP contribution is 2.19. The van der Waals surface area contributed by atoms with Crippen molar-refractivity contribution in [1.29, 1.82) is 0 Å². The summed E-state index contributed by atoms with van der Waals surface area (Å²) >= 11 is 0. The number of aryl methyl sites for hydroxylation is 2. The van der Waals surface area contributed by atoms with E-state index < -0.39 is 0 Å². The van der Waals surface area contributed by atoms with Crippen molar-refractivity contribution < 1.29 is 4.42 Å². The fourth-order valence-electron chi connectivity index (χ4n) is 1.49. The van der Waals surface area contributed by atoms with Crippen LogP contribution in [0.15, 0.2) is 29.0 Å². The van der Waals surface area contributed by atoms with Gasteiger partial charge in [-0.3, -0.25) is 4.98 Å². The third kappa shape index (κ3) is 2.21. The fraction of sp³-hybridized carbons (Fsp3) is 0.333. The van der Waals surface area contributed by atoms with Gasteiger partial charge >= 0.3 is 0 Å². The van der Waals surface area contributed by atoms with Gasteiger partial charge in [0.1, 0.15) is 11.6 Å². The minimum atomic E-state index is 0.0878. The molecule has 0 bridgehead atoms. The third-order valence-electron chi connectivity index (χ3n) is 2.40. The van der Waals surface area contributed by atoms with Crippen LogP contribution in [0.1, 0.15) is 30.1 Å². The maximum Gasteiger partial charge on any atom is 0.148 e. The average molecular weight is 217 g/mol. The third-order valence-corrected chi connectivity index (χ3v) is 2.40. The highest BCUT2D eigenvalue weighted by molar-refractivity contribution is 5.41. The summed E-state index contributed by atoms with van der Waals surface area (Å²) in [7, 11) is 0. The lowest BCUT2D eigenvalue weighted by atomic mass is 10.2. The summed E-state index contributed by atoms with van der Waals surface area (Å²) in [6.07, 6.45) is 3.43. The number of nitrogens with zero attached hydrogens (tertiary/aromatic N) is 2. The number of aromatic nitrogens is 2. The van der Waals surface area contributed by atoms with E-state index in [1.54, 1.807) is 12.5 Å². The summed E-state index contributed by atoms with van der Waals surface area (Å²) in [5.41, 5.74) is 1.80. The van der Waals surface area contributed by atoms with E-state index in [4.69, 9.17) is 4.42 Å². The number of anilines is 1. The van der Waals surface area contributed by atoms with E-state index in [1.165, 1.54) is 0 Å². The van der Waals surface area contributed by atoms with Crippen molar-refractivity contribution in [3.63, 3.8) is 0 Å². The van der Waals surface area contributed by atoms with Gasteiger partial charge in [-0.25, -0.2) is 4.98 Å². The molecule has 2 aromatic heterocycles. The zero-order valence-electron chi connectivity index (χ0n) is 9.69. The minimum absolute atomic E-state index is 0.0878. The van der Waals surface area contributed by atoms with Gasteiger partial charge in [0.25, 0.3) is 0 Å². The SMILES string of the molecule is Cc1cnc(C)c(NC(C)c2ccco2)n1. The van der Waals surface area contributed by atoms with Crippen molar-refractivity contribution in [3.05, 3.63) is 41.7 Å². The molecule has 0 spiro atoms. The monoisotopic (exact) mass is 217 g/mol. The van der Waals surface area contributed by atoms with E-state index in [1.807, 2.05) is 32.9 Å². The first-order chi connectivity index (χ1) is 7.66. The lowest BCUT2D eigenvalue weighted by Gasteiger charge is -2.13. The summed E-state index contributed by atoms with van der Waals surface area (Å²) < 4.78 is 5.33. The Balaban J connectivity index is 2.17. The largest absolute Gasteiger partial charge is 0.467 e. The van der Waals surface area contributed by atoms with Gasteiger partial charge < -0.3 is 9.73 Å². The quantitative estimate of drug-likeness (QED) is 0.858. The van der Waals surface area contributed by atoms with Crippen molar-refractivity contribution >= 4 is 5.82 Å². The molecule has 4 heteroatoms. The Kier molecular flexibility index (Phi) is 2.90. The molecule has 1 N–H and O–H groups in total. The van der Waals surface area contributed by atoms with Crippen LogP contribution in [0.25, 0.3) is 0 Å². The molecule has 0 aliphatic heterocycles. The standard InChI is InChI=1S/C12H15N3O/c1-8-7-13-10(3)12(14-8)15-9(2)11-5-4-6-16-11/h4-7,9H,1-3H3,(H,14,15). The number of rotatable bonds is 3. The lowest BCUT2D eigenvalue weighted by Crippen LogP contribution is -2.09. The molecule has 0 aromatic carbocycles. The number of hydrogen-bond donors (Lipinski definition) is 1. The van der Waals surface area contributed by atoms with Gasteiger partial charge in [0.2, 0.25) is 0 Å². The van der Waals surface area contributed by atoms with E-state index in [0.717, 1.165) is 23.0 Å². The van der Waals surface area contributed by atoms with Gasteiger partial charge in [-0.15, -0.1) is 0 Å². The molecule has 2 aromatic rings. The molecule has 1 atom stereocenters. The van der Waals surface area contributed by atoms with Crippen LogP contribution in [0.4, 0.5) is 5.82 Å². The van der Waals surface area contributed by atoms with Crippen LogP contribution in [-0.2, 0) is 0 Å². The number of hydrogen-bond acceptors (Lipinski definition) is 4. The predicted octanol–water partition coefficient (Wildman–Crippen LogP) is 2.86. The molecule has 0 fully saturated rings. The van der Waals surface area contributed by atoms with Gasteiger partial charge in [-0.2, -0.15) is 0 Å². The zero-order chi connectivity index (χ0) is 11.5. The Bertz CT molecular complexity index is 465. The second-order valence-corrected chi connectivity index (χ2v) is 3.83. The van der Waals surface area contributed by atoms with Crippen molar-refractivity contribution in [2.24, 2.45) is 0 Å². The Morgan fingerprint density at radius 2 is 2.19 bits per heavy atom. The lowest BCUT2D eigenvalue weighted by molar-refractivity contribution is 0.490. The van der Waals surface area contributed by atoms with Crippen molar-refractivity contribution in [2.45, 2.75) is 26.8 Å². The molecule has 84 valence electrons. The first-order valence-electron chi connectivity index (χ1n) is 5.27. The predicted molar refractivity (Wildman–Crippen MR) is 62.3 cm³/mol. The Morgan fingerprint density at radius 1 is 1.38 bits per heavy atom. The molecule has 0 saturated carbocycles. The molecule has 0 saturated heterocycles. The Labute approximate surface area is 94.7 Å². The molecule has 2 rings (SSSR count). The molecular formula is C12H15N3O. The number of nitrogens with one attached hydrogen (secondary N) is 1. The van der Waals surface area contributed by atoms with Gasteiger partial charge in [0.15, 0.2) is 0 Å². The van der Waals surface area contributed by atoms with Crippen LogP contribution in [0.2, 0.25) is 0 Å². The van der Waals surface area contributed by atoms with Crippen LogP contribution >= 0.6 is 0 Å². The normalized spacial score (nSPS) is 12.4. The van der Waals surface area contributed by atoms with Gasteiger partial charge in [0.05, 0.1) is 23.7 Å². The topological polar surface area (TPSA) is 51.0 Å². The van der Waals surface area contributed by atoms with Crippen LogP contribution in [0, 0.1) is 13.8 Å². The highest BCUT2D eigenvalue weighted by Gasteiger charge is 2.10. The van der Waals surface area contributed by atoms with Crippen LogP contribution in [0.5, 0.6) is 0 Å². The van der Waals surface area contributed by atoms with Crippen LogP contribution in [0.3, 0.4) is 0 Å². The Morgan fingerprint density at radius 3 is 2.88 bits per heavy atom. The first kappa shape index (κ1) is 10.7. The second kappa shape index (κ2) is 4.35. The van der Waals surface area contributed by atoms with Gasteiger partial charge in [-0.05, 0) is 32.9 Å². The van der Waals surface area contributed by atoms with E-state index in [-0.39, 0.29) is 6.04 Å². The molecular weight excluding hydrogens is 202 g/mol. The molecule has 0 amide bonds. The zero-order valence-corrected chi connectivity index (χ0v) is 9.69. The molecule has 2 heterocycles. The van der Waals surface area contributed by atoms with Crippen molar-refractivity contribution in [3.8, 4) is 0 Å². The van der Waals surface area contributed by atoms with E-state index in [9.17, 15) is 0 Å². The first-order valence-corrected chi connectivity index (χ1v) is 5.27. The molecule has 0 aliphatic carbocycles. The van der Waals surface area contributed by atoms with E-state index in [0.29, 0.717) is 0 Å². The molecule has 0 aliphatic rings. The fourth-order valence-corrected chi connectivity index (χ4v) is 1.49. The average Bonchev–Trinajstić information content (AvgIpc) is 2.76. The summed E-state index contributed by atoms with van der Waals surface area (Å²) in [6, 6.07) is 3.91. The number of furan rings is 1. The maximum atomic E-state index is 5.33.